The zero-order valence-electron chi connectivity index (χ0n) is 21.4. The molecular formula is C28H33F3N4O2. The summed E-state index contributed by atoms with van der Waals surface area (Å²) in [6, 6.07) is 13.7. The maximum Gasteiger partial charge on any atom is 0.416 e. The lowest BCUT2D eigenvalue weighted by molar-refractivity contribution is -0.137. The highest BCUT2D eigenvalue weighted by atomic mass is 19.4. The molecule has 0 aliphatic carbocycles. The molecule has 0 saturated carbocycles. The van der Waals surface area contributed by atoms with Gasteiger partial charge in [-0.25, -0.2) is 4.98 Å². The summed E-state index contributed by atoms with van der Waals surface area (Å²) >= 11 is 0. The van der Waals surface area contributed by atoms with Crippen LogP contribution in [0.1, 0.15) is 59.4 Å². The second kappa shape index (κ2) is 11.1. The molecule has 6 nitrogen and oxygen atoms in total. The topological polar surface area (TPSA) is 61.6 Å². The Kier molecular flexibility index (Phi) is 8.04. The molecule has 0 unspecified atom stereocenters. The van der Waals surface area contributed by atoms with Crippen molar-refractivity contribution in [1.29, 1.82) is 0 Å². The summed E-state index contributed by atoms with van der Waals surface area (Å²) in [6.45, 7) is 11.6. The molecule has 1 fully saturated rings. The third-order valence-corrected chi connectivity index (χ3v) is 6.54. The van der Waals surface area contributed by atoms with Crippen molar-refractivity contribution in [1.82, 2.24) is 20.1 Å². The number of alkyl halides is 3. The summed E-state index contributed by atoms with van der Waals surface area (Å²) < 4.78 is 44.1. The number of nitrogens with one attached hydrogen (secondary N) is 1. The monoisotopic (exact) mass is 514 g/mol. The predicted octanol–water partition coefficient (Wildman–Crippen LogP) is 5.24. The van der Waals surface area contributed by atoms with E-state index in [1.807, 2.05) is 0 Å². The number of amides is 1. The molecule has 4 rings (SSSR count). The first kappa shape index (κ1) is 26.9. The highest BCUT2D eigenvalue weighted by Gasteiger charge is 2.30. The van der Waals surface area contributed by atoms with E-state index in [-0.39, 0.29) is 17.7 Å². The van der Waals surface area contributed by atoms with Gasteiger partial charge in [-0.2, -0.15) is 13.2 Å². The second-order valence-corrected chi connectivity index (χ2v) is 10.5. The molecule has 2 heterocycles. The normalized spacial score (nSPS) is 15.6. The molecule has 1 N–H and O–H groups in total. The van der Waals surface area contributed by atoms with Gasteiger partial charge in [0.15, 0.2) is 5.69 Å². The Morgan fingerprint density at radius 3 is 2.19 bits per heavy atom. The average Bonchev–Trinajstić information content (AvgIpc) is 3.32. The molecule has 1 aliphatic heterocycles. The second-order valence-electron chi connectivity index (χ2n) is 10.5. The van der Waals surface area contributed by atoms with Crippen molar-refractivity contribution in [3.05, 3.63) is 88.6 Å². The van der Waals surface area contributed by atoms with Crippen LogP contribution in [-0.4, -0.2) is 46.9 Å². The lowest BCUT2D eigenvalue weighted by Gasteiger charge is -2.34. The van der Waals surface area contributed by atoms with E-state index >= 15 is 0 Å². The molecule has 9 heteroatoms. The van der Waals surface area contributed by atoms with Crippen molar-refractivity contribution in [3.8, 4) is 0 Å². The fourth-order valence-corrected chi connectivity index (χ4v) is 4.28. The lowest BCUT2D eigenvalue weighted by atomic mass is 9.87. The van der Waals surface area contributed by atoms with Gasteiger partial charge in [-0.15, -0.1) is 0 Å². The van der Waals surface area contributed by atoms with Crippen LogP contribution in [-0.2, 0) is 31.2 Å². The molecule has 1 amide bonds. The number of oxazole rings is 1. The van der Waals surface area contributed by atoms with Crippen LogP contribution >= 0.6 is 0 Å². The van der Waals surface area contributed by atoms with Crippen molar-refractivity contribution < 1.29 is 22.4 Å². The first-order valence-corrected chi connectivity index (χ1v) is 12.4. The highest BCUT2D eigenvalue weighted by molar-refractivity contribution is 5.91. The molecule has 3 aromatic rings. The number of nitrogens with zero attached hydrogens (tertiary/aromatic N) is 3. The predicted molar refractivity (Wildman–Crippen MR) is 135 cm³/mol. The number of rotatable bonds is 7. The largest absolute Gasteiger partial charge is 0.447 e. The van der Waals surface area contributed by atoms with Crippen LogP contribution in [0, 0.1) is 0 Å². The van der Waals surface area contributed by atoms with Gasteiger partial charge in [0.05, 0.1) is 12.1 Å². The van der Waals surface area contributed by atoms with Crippen LogP contribution in [0.4, 0.5) is 13.2 Å². The van der Waals surface area contributed by atoms with Crippen LogP contribution in [0.25, 0.3) is 0 Å². The molecule has 37 heavy (non-hydrogen) atoms. The Bertz CT molecular complexity index is 1190. The minimum Gasteiger partial charge on any atom is -0.447 e. The minimum atomic E-state index is -4.43. The number of aromatic nitrogens is 1. The van der Waals surface area contributed by atoms with Gasteiger partial charge >= 0.3 is 6.18 Å². The summed E-state index contributed by atoms with van der Waals surface area (Å²) in [4.78, 5) is 21.3. The van der Waals surface area contributed by atoms with E-state index in [0.29, 0.717) is 18.0 Å². The molecule has 198 valence electrons. The molecular weight excluding hydrogens is 481 g/mol. The van der Waals surface area contributed by atoms with Gasteiger partial charge in [-0.3, -0.25) is 14.6 Å². The van der Waals surface area contributed by atoms with Gasteiger partial charge in [0.25, 0.3) is 5.91 Å². The van der Waals surface area contributed by atoms with Crippen LogP contribution in [0.3, 0.4) is 0 Å². The molecule has 1 aromatic heterocycles. The third kappa shape index (κ3) is 7.42. The Balaban J connectivity index is 1.22. The van der Waals surface area contributed by atoms with Gasteiger partial charge in [-0.05, 0) is 34.2 Å². The Hall–Kier alpha value is -3.17. The molecule has 0 radical (unpaired) electrons. The summed E-state index contributed by atoms with van der Waals surface area (Å²) in [6.07, 6.45) is -3.14. The number of piperazine rings is 1. The Labute approximate surface area is 215 Å². The molecule has 1 saturated heterocycles. The van der Waals surface area contributed by atoms with Crippen molar-refractivity contribution in [3.63, 3.8) is 0 Å². The number of carbonyl (C=O) groups excluding carboxylic acids is 1. The number of benzene rings is 2. The Morgan fingerprint density at radius 2 is 1.57 bits per heavy atom. The van der Waals surface area contributed by atoms with Gasteiger partial charge in [0, 0.05) is 39.3 Å². The van der Waals surface area contributed by atoms with Crippen LogP contribution < -0.4 is 5.32 Å². The summed E-state index contributed by atoms with van der Waals surface area (Å²) in [7, 11) is 0. The quantitative estimate of drug-likeness (QED) is 0.467. The molecule has 0 bridgehead atoms. The van der Waals surface area contributed by atoms with Gasteiger partial charge < -0.3 is 9.73 Å². The third-order valence-electron chi connectivity index (χ3n) is 6.54. The molecule has 1 aliphatic rings. The number of halogens is 3. The zero-order valence-corrected chi connectivity index (χ0v) is 21.4. The fraction of sp³-hybridized carbons (Fsp3) is 0.429. The van der Waals surface area contributed by atoms with Crippen molar-refractivity contribution >= 4 is 5.91 Å². The minimum absolute atomic E-state index is 0.0359. The van der Waals surface area contributed by atoms with E-state index in [0.717, 1.165) is 44.9 Å². The smallest absolute Gasteiger partial charge is 0.416 e. The van der Waals surface area contributed by atoms with Crippen LogP contribution in [0.15, 0.2) is 59.2 Å². The maximum atomic E-state index is 12.9. The van der Waals surface area contributed by atoms with E-state index in [2.05, 4.69) is 65.1 Å². The zero-order chi connectivity index (χ0) is 26.6. The van der Waals surface area contributed by atoms with E-state index in [1.54, 1.807) is 0 Å². The fourth-order valence-electron chi connectivity index (χ4n) is 4.28. The first-order chi connectivity index (χ1) is 17.5. The van der Waals surface area contributed by atoms with Crippen molar-refractivity contribution in [2.24, 2.45) is 0 Å². The molecule has 0 spiro atoms. The summed E-state index contributed by atoms with van der Waals surface area (Å²) in [5, 5.41) is 2.60. The van der Waals surface area contributed by atoms with Gasteiger partial charge in [-0.1, -0.05) is 57.2 Å². The van der Waals surface area contributed by atoms with Gasteiger partial charge in [0.1, 0.15) is 6.26 Å². The summed E-state index contributed by atoms with van der Waals surface area (Å²) in [5.74, 6) is -0.0508. The Morgan fingerprint density at radius 1 is 0.919 bits per heavy atom. The van der Waals surface area contributed by atoms with E-state index in [1.165, 1.54) is 29.5 Å². The van der Waals surface area contributed by atoms with Crippen LogP contribution in [0.2, 0.25) is 0 Å². The average molecular weight is 515 g/mol. The first-order valence-electron chi connectivity index (χ1n) is 12.4. The van der Waals surface area contributed by atoms with E-state index in [9.17, 15) is 18.0 Å². The SMILES string of the molecule is CC(C)(C)c1ccc(CN2CCN(Cc3nc(C(=O)NCc4cccc(C(F)(F)F)c4)co3)CC2)cc1. The highest BCUT2D eigenvalue weighted by Crippen LogP contribution is 2.29. The maximum absolute atomic E-state index is 12.9. The van der Waals surface area contributed by atoms with Gasteiger partial charge in [0.2, 0.25) is 5.89 Å². The summed E-state index contributed by atoms with van der Waals surface area (Å²) in [5.41, 5.74) is 2.49. The van der Waals surface area contributed by atoms with Crippen LogP contribution in [0.5, 0.6) is 0 Å². The van der Waals surface area contributed by atoms with Crippen molar-refractivity contribution in [2.75, 3.05) is 26.2 Å². The van der Waals surface area contributed by atoms with E-state index < -0.39 is 17.6 Å². The standard InChI is InChI=1S/C28H33F3N4O2/c1-27(2,3)22-9-7-20(8-10-22)17-34-11-13-35(14-12-34)18-25-33-24(19-37-25)26(36)32-16-21-5-4-6-23(15-21)28(29,30)31/h4-10,15,19H,11-14,16-18H2,1-3H3,(H,32,36). The number of hydrogen-bond acceptors (Lipinski definition) is 5. The van der Waals surface area contributed by atoms with E-state index in [4.69, 9.17) is 4.42 Å². The molecule has 2 aromatic carbocycles. The molecule has 0 atom stereocenters. The number of hydrogen-bond donors (Lipinski definition) is 1. The number of carbonyl (C=O) groups is 1. The van der Waals surface area contributed by atoms with Crippen molar-refractivity contribution in [2.45, 2.75) is 52.0 Å². The lowest BCUT2D eigenvalue weighted by Crippen LogP contribution is -2.45.